The number of carbonyl (C=O) groups excluding carboxylic acids is 2. The maximum absolute atomic E-state index is 12.8. The summed E-state index contributed by atoms with van der Waals surface area (Å²) in [7, 11) is 0. The second kappa shape index (κ2) is 9.30. The van der Waals surface area contributed by atoms with Crippen molar-refractivity contribution in [3.8, 4) is 5.75 Å². The summed E-state index contributed by atoms with van der Waals surface area (Å²) in [6, 6.07) is 14.9. The zero-order valence-corrected chi connectivity index (χ0v) is 17.2. The number of fused-ring (bicyclic) bond motifs is 1. The maximum Gasteiger partial charge on any atom is 0.338 e. The molecule has 158 valence electrons. The molecule has 2 aromatic carbocycles. The second-order valence-corrected chi connectivity index (χ2v) is 7.80. The molecular weight excluding hydrogens is 382 g/mol. The molecule has 2 heterocycles. The molecule has 0 aliphatic carbocycles. The van der Waals surface area contributed by atoms with Gasteiger partial charge in [-0.2, -0.15) is 0 Å². The van der Waals surface area contributed by atoms with Crippen LogP contribution in [-0.2, 0) is 27.2 Å². The van der Waals surface area contributed by atoms with E-state index in [1.165, 1.54) is 5.56 Å². The van der Waals surface area contributed by atoms with Crippen LogP contribution in [0.5, 0.6) is 5.75 Å². The number of ether oxygens (including phenoxy) is 3. The van der Waals surface area contributed by atoms with E-state index in [9.17, 15) is 9.59 Å². The Labute approximate surface area is 176 Å². The smallest absolute Gasteiger partial charge is 0.338 e. The van der Waals surface area contributed by atoms with E-state index in [4.69, 9.17) is 14.2 Å². The Morgan fingerprint density at radius 3 is 2.63 bits per heavy atom. The van der Waals surface area contributed by atoms with E-state index >= 15 is 0 Å². The molecule has 0 aromatic heterocycles. The lowest BCUT2D eigenvalue weighted by atomic mass is 9.99. The van der Waals surface area contributed by atoms with Crippen molar-refractivity contribution in [3.05, 3.63) is 65.2 Å². The van der Waals surface area contributed by atoms with Crippen molar-refractivity contribution < 1.29 is 23.8 Å². The molecule has 1 saturated heterocycles. The molecule has 1 amide bonds. The monoisotopic (exact) mass is 409 g/mol. The highest BCUT2D eigenvalue weighted by atomic mass is 16.5. The number of nitrogens with zero attached hydrogens (tertiary/aromatic N) is 1. The normalized spacial score (nSPS) is 19.1. The standard InChI is InChI=1S/C24H27NO5/c1-17(23(26)25-13-12-18-5-2-3-6-20(18)15-25)30-24(27)19-8-10-21(11-9-19)29-16-22-7-4-14-28-22/h2-3,5-6,8-11,17,22H,4,7,12-16H2,1H3. The van der Waals surface area contributed by atoms with Gasteiger partial charge in [0.25, 0.3) is 5.91 Å². The van der Waals surface area contributed by atoms with Gasteiger partial charge in [-0.05, 0) is 61.6 Å². The van der Waals surface area contributed by atoms with Crippen molar-refractivity contribution in [2.45, 2.75) is 44.9 Å². The average molecular weight is 409 g/mol. The van der Waals surface area contributed by atoms with Crippen LogP contribution < -0.4 is 4.74 Å². The van der Waals surface area contributed by atoms with Gasteiger partial charge in [-0.25, -0.2) is 4.79 Å². The molecule has 0 radical (unpaired) electrons. The minimum Gasteiger partial charge on any atom is -0.491 e. The molecule has 4 rings (SSSR count). The molecule has 2 unspecified atom stereocenters. The number of hydrogen-bond acceptors (Lipinski definition) is 5. The predicted octanol–water partition coefficient (Wildman–Crippen LogP) is 3.37. The van der Waals surface area contributed by atoms with E-state index in [2.05, 4.69) is 6.07 Å². The highest BCUT2D eigenvalue weighted by Gasteiger charge is 2.27. The van der Waals surface area contributed by atoms with Crippen molar-refractivity contribution in [1.29, 1.82) is 0 Å². The molecule has 0 saturated carbocycles. The Morgan fingerprint density at radius 1 is 1.13 bits per heavy atom. The maximum atomic E-state index is 12.8. The van der Waals surface area contributed by atoms with Crippen LogP contribution in [0.2, 0.25) is 0 Å². The Kier molecular flexibility index (Phi) is 6.33. The number of carbonyl (C=O) groups is 2. The first-order valence-electron chi connectivity index (χ1n) is 10.5. The van der Waals surface area contributed by atoms with Gasteiger partial charge in [-0.1, -0.05) is 24.3 Å². The van der Waals surface area contributed by atoms with Crippen LogP contribution in [0.1, 0.15) is 41.3 Å². The summed E-state index contributed by atoms with van der Waals surface area (Å²) in [6.45, 7) is 4.11. The lowest BCUT2D eigenvalue weighted by Crippen LogP contribution is -2.42. The average Bonchev–Trinajstić information content (AvgIpc) is 3.31. The first-order chi connectivity index (χ1) is 14.6. The van der Waals surface area contributed by atoms with Gasteiger partial charge in [-0.3, -0.25) is 4.79 Å². The fourth-order valence-corrected chi connectivity index (χ4v) is 3.87. The van der Waals surface area contributed by atoms with E-state index < -0.39 is 12.1 Å². The first-order valence-corrected chi connectivity index (χ1v) is 10.5. The summed E-state index contributed by atoms with van der Waals surface area (Å²) in [4.78, 5) is 27.0. The van der Waals surface area contributed by atoms with E-state index in [0.717, 1.165) is 31.4 Å². The summed E-state index contributed by atoms with van der Waals surface area (Å²) in [6.07, 6.45) is 2.20. The van der Waals surface area contributed by atoms with Gasteiger partial charge < -0.3 is 19.1 Å². The van der Waals surface area contributed by atoms with Crippen LogP contribution in [0.15, 0.2) is 48.5 Å². The summed E-state index contributed by atoms with van der Waals surface area (Å²) in [5.74, 6) is -0.00790. The Balaban J connectivity index is 1.29. The number of hydrogen-bond donors (Lipinski definition) is 0. The van der Waals surface area contributed by atoms with Crippen LogP contribution >= 0.6 is 0 Å². The quantitative estimate of drug-likeness (QED) is 0.685. The van der Waals surface area contributed by atoms with Gasteiger partial charge >= 0.3 is 5.97 Å². The van der Waals surface area contributed by atoms with Gasteiger partial charge in [0.15, 0.2) is 6.10 Å². The van der Waals surface area contributed by atoms with Gasteiger partial charge in [0.1, 0.15) is 12.4 Å². The highest BCUT2D eigenvalue weighted by molar-refractivity contribution is 5.92. The van der Waals surface area contributed by atoms with Gasteiger partial charge in [0.2, 0.25) is 0 Å². The largest absolute Gasteiger partial charge is 0.491 e. The van der Waals surface area contributed by atoms with E-state index in [-0.39, 0.29) is 12.0 Å². The molecule has 6 nitrogen and oxygen atoms in total. The minimum atomic E-state index is -0.835. The Bertz CT molecular complexity index is 889. The lowest BCUT2D eigenvalue weighted by molar-refractivity contribution is -0.140. The molecule has 2 aromatic rings. The van der Waals surface area contributed by atoms with Gasteiger partial charge in [0.05, 0.1) is 11.7 Å². The van der Waals surface area contributed by atoms with Crippen molar-refractivity contribution in [2.24, 2.45) is 0 Å². The summed E-state index contributed by atoms with van der Waals surface area (Å²) in [5, 5.41) is 0. The third kappa shape index (κ3) is 4.82. The minimum absolute atomic E-state index is 0.142. The van der Waals surface area contributed by atoms with Crippen LogP contribution in [-0.4, -0.2) is 48.7 Å². The highest BCUT2D eigenvalue weighted by Crippen LogP contribution is 2.20. The summed E-state index contributed by atoms with van der Waals surface area (Å²) < 4.78 is 16.7. The SMILES string of the molecule is CC(OC(=O)c1ccc(OCC2CCCO2)cc1)C(=O)N1CCc2ccccc2C1. The molecule has 30 heavy (non-hydrogen) atoms. The number of benzene rings is 2. The molecule has 2 aliphatic heterocycles. The summed E-state index contributed by atoms with van der Waals surface area (Å²) in [5.41, 5.74) is 2.81. The molecule has 1 fully saturated rings. The lowest BCUT2D eigenvalue weighted by Gasteiger charge is -2.30. The van der Waals surface area contributed by atoms with E-state index in [0.29, 0.717) is 31.0 Å². The van der Waals surface area contributed by atoms with E-state index in [1.54, 1.807) is 36.1 Å². The third-order valence-corrected chi connectivity index (χ3v) is 5.62. The molecule has 0 N–H and O–H groups in total. The number of esters is 1. The molecular formula is C24H27NO5. The van der Waals surface area contributed by atoms with Crippen molar-refractivity contribution in [1.82, 2.24) is 4.90 Å². The molecule has 2 aliphatic rings. The van der Waals surface area contributed by atoms with Gasteiger partial charge in [0, 0.05) is 19.7 Å². The summed E-state index contributed by atoms with van der Waals surface area (Å²) >= 11 is 0. The van der Waals surface area contributed by atoms with Gasteiger partial charge in [-0.15, -0.1) is 0 Å². The predicted molar refractivity (Wildman–Crippen MR) is 111 cm³/mol. The molecule has 2 atom stereocenters. The van der Waals surface area contributed by atoms with Crippen molar-refractivity contribution >= 4 is 11.9 Å². The molecule has 0 spiro atoms. The second-order valence-electron chi connectivity index (χ2n) is 7.80. The third-order valence-electron chi connectivity index (χ3n) is 5.62. The van der Waals surface area contributed by atoms with Crippen molar-refractivity contribution in [2.75, 3.05) is 19.8 Å². The number of rotatable bonds is 6. The van der Waals surface area contributed by atoms with Crippen LogP contribution in [0.25, 0.3) is 0 Å². The fourth-order valence-electron chi connectivity index (χ4n) is 3.87. The van der Waals surface area contributed by atoms with Crippen LogP contribution in [0.3, 0.4) is 0 Å². The van der Waals surface area contributed by atoms with Crippen molar-refractivity contribution in [3.63, 3.8) is 0 Å². The molecule has 6 heteroatoms. The Morgan fingerprint density at radius 2 is 1.90 bits per heavy atom. The van der Waals surface area contributed by atoms with Crippen LogP contribution in [0, 0.1) is 0 Å². The van der Waals surface area contributed by atoms with E-state index in [1.807, 2.05) is 18.2 Å². The zero-order valence-electron chi connectivity index (χ0n) is 17.2. The first kappa shape index (κ1) is 20.4. The number of amides is 1. The van der Waals surface area contributed by atoms with Crippen LogP contribution in [0.4, 0.5) is 0 Å². The zero-order chi connectivity index (χ0) is 20.9. The molecule has 0 bridgehead atoms. The Hall–Kier alpha value is -2.86. The fraction of sp³-hybridized carbons (Fsp3) is 0.417. The topological polar surface area (TPSA) is 65.1 Å².